The van der Waals surface area contributed by atoms with Crippen LogP contribution in [0.1, 0.15) is 21.9 Å². The average Bonchev–Trinajstić information content (AvgIpc) is 3.36. The van der Waals surface area contributed by atoms with Gasteiger partial charge in [-0.05, 0) is 66.6 Å². The highest BCUT2D eigenvalue weighted by Gasteiger charge is 2.56. The van der Waals surface area contributed by atoms with E-state index in [0.717, 1.165) is 39.1 Å². The van der Waals surface area contributed by atoms with Crippen molar-refractivity contribution in [2.45, 2.75) is 29.7 Å². The van der Waals surface area contributed by atoms with Crippen LogP contribution < -0.4 is 15.1 Å². The maximum Gasteiger partial charge on any atom is 0.308 e. The molecule has 3 atom stereocenters. The Balaban J connectivity index is 1.41. The molecule has 1 N–H and O–H groups in total. The first-order valence-corrected chi connectivity index (χ1v) is 14.4. The molecule has 2 aliphatic heterocycles. The molecule has 0 bridgehead atoms. The molecule has 2 unspecified atom stereocenters. The molecule has 1 saturated heterocycles. The van der Waals surface area contributed by atoms with Crippen molar-refractivity contribution in [3.8, 4) is 0 Å². The van der Waals surface area contributed by atoms with Crippen LogP contribution in [-0.2, 0) is 20.9 Å². The summed E-state index contributed by atoms with van der Waals surface area (Å²) in [6.45, 7) is 1.66. The minimum Gasteiger partial charge on any atom is -0.325 e. The SMILES string of the molecule is Cc1cccc(NC(=O)Cn2c3c(sc2=O)[C@H](c2ccc(Cl)cc2)C2C(=O)N(c4ccc(F)cc4)C(=O)C2S3)c1. The Hall–Kier alpha value is -3.73. The second kappa shape index (κ2) is 10.3. The van der Waals surface area contributed by atoms with Crippen molar-refractivity contribution in [2.75, 3.05) is 10.2 Å². The lowest BCUT2D eigenvalue weighted by Gasteiger charge is -2.30. The van der Waals surface area contributed by atoms with Crippen LogP contribution >= 0.6 is 34.7 Å². The minimum absolute atomic E-state index is 0.250. The number of aryl methyl sites for hydroxylation is 1. The summed E-state index contributed by atoms with van der Waals surface area (Å²) in [4.78, 5) is 55.1. The summed E-state index contributed by atoms with van der Waals surface area (Å²) in [5.74, 6) is -3.16. The van der Waals surface area contributed by atoms with Gasteiger partial charge in [-0.25, -0.2) is 9.29 Å². The van der Waals surface area contributed by atoms with Crippen molar-refractivity contribution < 1.29 is 18.8 Å². The molecule has 0 spiro atoms. The van der Waals surface area contributed by atoms with Gasteiger partial charge >= 0.3 is 4.87 Å². The number of carbonyl (C=O) groups excluding carboxylic acids is 3. The van der Waals surface area contributed by atoms with E-state index in [1.807, 2.05) is 25.1 Å². The molecule has 0 radical (unpaired) electrons. The summed E-state index contributed by atoms with van der Waals surface area (Å²) >= 11 is 8.22. The molecule has 202 valence electrons. The van der Waals surface area contributed by atoms with E-state index < -0.39 is 34.7 Å². The molecule has 4 aromatic rings. The molecule has 11 heteroatoms. The summed E-state index contributed by atoms with van der Waals surface area (Å²) in [5.41, 5.74) is 2.59. The van der Waals surface area contributed by atoms with E-state index in [0.29, 0.717) is 20.6 Å². The lowest BCUT2D eigenvalue weighted by atomic mass is 9.83. The topological polar surface area (TPSA) is 88.5 Å². The molecule has 7 nitrogen and oxygen atoms in total. The van der Waals surface area contributed by atoms with E-state index in [4.69, 9.17) is 11.6 Å². The lowest BCUT2D eigenvalue weighted by molar-refractivity contribution is -0.122. The second-order valence-electron chi connectivity index (χ2n) is 9.62. The number of halogens is 2. The van der Waals surface area contributed by atoms with Crippen LogP contribution in [0.4, 0.5) is 15.8 Å². The van der Waals surface area contributed by atoms with E-state index in [1.54, 1.807) is 30.3 Å². The zero-order valence-corrected chi connectivity index (χ0v) is 23.4. The number of aromatic nitrogens is 1. The van der Waals surface area contributed by atoms with Crippen molar-refractivity contribution in [1.82, 2.24) is 4.57 Å². The van der Waals surface area contributed by atoms with Crippen LogP contribution in [-0.4, -0.2) is 27.5 Å². The molecule has 0 saturated carbocycles. The number of nitrogens with zero attached hydrogens (tertiary/aromatic N) is 2. The van der Waals surface area contributed by atoms with Gasteiger partial charge in [-0.2, -0.15) is 0 Å². The normalized spacial score (nSPS) is 19.9. The molecule has 6 rings (SSSR count). The number of thiazole rings is 1. The number of hydrogen-bond donors (Lipinski definition) is 1. The Morgan fingerprint density at radius 2 is 1.73 bits per heavy atom. The molecule has 1 fully saturated rings. The molecule has 3 amide bonds. The highest BCUT2D eigenvalue weighted by Crippen LogP contribution is 2.53. The molecular formula is C29H21ClFN3O4S2. The van der Waals surface area contributed by atoms with Gasteiger partial charge in [0.1, 0.15) is 17.6 Å². The minimum atomic E-state index is -0.842. The third-order valence-electron chi connectivity index (χ3n) is 6.97. The predicted molar refractivity (Wildman–Crippen MR) is 154 cm³/mol. The van der Waals surface area contributed by atoms with Crippen LogP contribution in [0.25, 0.3) is 0 Å². The van der Waals surface area contributed by atoms with Gasteiger partial charge in [-0.1, -0.05) is 59.0 Å². The number of thioether (sulfide) groups is 1. The van der Waals surface area contributed by atoms with Gasteiger partial charge < -0.3 is 5.32 Å². The van der Waals surface area contributed by atoms with Gasteiger partial charge in [-0.15, -0.1) is 0 Å². The molecular weight excluding hydrogens is 573 g/mol. The van der Waals surface area contributed by atoms with Crippen LogP contribution in [0.3, 0.4) is 0 Å². The van der Waals surface area contributed by atoms with E-state index in [1.165, 1.54) is 28.8 Å². The zero-order valence-electron chi connectivity index (χ0n) is 21.0. The Labute approximate surface area is 241 Å². The largest absolute Gasteiger partial charge is 0.325 e. The molecule has 1 aromatic heterocycles. The van der Waals surface area contributed by atoms with Crippen molar-refractivity contribution in [2.24, 2.45) is 5.92 Å². The van der Waals surface area contributed by atoms with Crippen LogP contribution in [0.2, 0.25) is 5.02 Å². The van der Waals surface area contributed by atoms with E-state index in [2.05, 4.69) is 5.32 Å². The van der Waals surface area contributed by atoms with Gasteiger partial charge in [-0.3, -0.25) is 23.7 Å². The molecule has 2 aliphatic rings. The Morgan fingerprint density at radius 3 is 2.42 bits per heavy atom. The van der Waals surface area contributed by atoms with Crippen molar-refractivity contribution >= 4 is 63.8 Å². The van der Waals surface area contributed by atoms with Gasteiger partial charge in [0.05, 0.1) is 16.6 Å². The third-order valence-corrected chi connectivity index (χ3v) is 9.82. The summed E-state index contributed by atoms with van der Waals surface area (Å²) in [7, 11) is 0. The fourth-order valence-electron chi connectivity index (χ4n) is 5.20. The Morgan fingerprint density at radius 1 is 1.00 bits per heavy atom. The van der Waals surface area contributed by atoms with Crippen molar-refractivity contribution in [3.63, 3.8) is 0 Å². The maximum atomic E-state index is 13.8. The molecule has 3 heterocycles. The predicted octanol–water partition coefficient (Wildman–Crippen LogP) is 5.45. The number of benzene rings is 3. The molecule has 40 heavy (non-hydrogen) atoms. The third kappa shape index (κ3) is 4.66. The number of nitrogens with one attached hydrogen (secondary N) is 1. The fraction of sp³-hybridized carbons (Fsp3) is 0.172. The lowest BCUT2D eigenvalue weighted by Crippen LogP contribution is -2.33. The summed E-state index contributed by atoms with van der Waals surface area (Å²) in [6, 6.07) is 19.5. The highest BCUT2D eigenvalue weighted by molar-refractivity contribution is 8.00. The molecule has 0 aliphatic carbocycles. The maximum absolute atomic E-state index is 13.8. The van der Waals surface area contributed by atoms with Gasteiger partial charge in [0.2, 0.25) is 17.7 Å². The number of imide groups is 1. The van der Waals surface area contributed by atoms with E-state index >= 15 is 0 Å². The zero-order chi connectivity index (χ0) is 28.1. The summed E-state index contributed by atoms with van der Waals surface area (Å²) in [6.07, 6.45) is 0. The first-order valence-electron chi connectivity index (χ1n) is 12.4. The first-order chi connectivity index (χ1) is 19.2. The quantitative estimate of drug-likeness (QED) is 0.311. The van der Waals surface area contributed by atoms with Crippen molar-refractivity contribution in [3.05, 3.63) is 109 Å². The average molecular weight is 594 g/mol. The summed E-state index contributed by atoms with van der Waals surface area (Å²) in [5, 5.41) is 2.97. The number of rotatable bonds is 5. The highest BCUT2D eigenvalue weighted by atomic mass is 35.5. The van der Waals surface area contributed by atoms with Gasteiger partial charge in [0.15, 0.2) is 0 Å². The Bertz CT molecular complexity index is 1720. The fourth-order valence-corrected chi connectivity index (χ4v) is 8.10. The van der Waals surface area contributed by atoms with Gasteiger partial charge in [0, 0.05) is 21.5 Å². The number of fused-ring (bicyclic) bond motifs is 2. The number of amides is 3. The standard InChI is InChI=1S/C29H21ClFN3O4S2/c1-15-3-2-4-19(13-15)32-21(35)14-33-28-25(40-29(33)38)22(16-5-7-17(30)8-6-16)23-24(39-28)27(37)34(26(23)36)20-11-9-18(31)10-12-20/h2-13,22-24H,14H2,1H3,(H,32,35)/t22-,23?,24?/m1/s1. The van der Waals surface area contributed by atoms with Crippen LogP contribution in [0, 0.1) is 18.7 Å². The molecule has 3 aromatic carbocycles. The Kier molecular flexibility index (Phi) is 6.85. The number of anilines is 2. The monoisotopic (exact) mass is 593 g/mol. The smallest absolute Gasteiger partial charge is 0.308 e. The number of carbonyl (C=O) groups is 3. The number of hydrogen-bond acceptors (Lipinski definition) is 6. The van der Waals surface area contributed by atoms with Gasteiger partial charge in [0.25, 0.3) is 0 Å². The first kappa shape index (κ1) is 26.5. The summed E-state index contributed by atoms with van der Waals surface area (Å²) < 4.78 is 15.0. The van der Waals surface area contributed by atoms with E-state index in [9.17, 15) is 23.6 Å². The van der Waals surface area contributed by atoms with E-state index in [-0.39, 0.29) is 23.0 Å². The van der Waals surface area contributed by atoms with Crippen molar-refractivity contribution in [1.29, 1.82) is 0 Å². The van der Waals surface area contributed by atoms with Crippen LogP contribution in [0.5, 0.6) is 0 Å². The second-order valence-corrected chi connectivity index (χ2v) is 12.2. The van der Waals surface area contributed by atoms with Crippen LogP contribution in [0.15, 0.2) is 82.6 Å².